The Labute approximate surface area is 122 Å². The van der Waals surface area contributed by atoms with Gasteiger partial charge in [0.1, 0.15) is 5.82 Å². The Morgan fingerprint density at radius 3 is 2.50 bits per heavy atom. The fourth-order valence-electron chi connectivity index (χ4n) is 1.88. The average Bonchev–Trinajstić information content (AvgIpc) is 2.28. The molecule has 0 aliphatic carbocycles. The SMILES string of the molecule is NC(Cc1cccc(Br)c1)c1c(F)cccc1Br. The minimum atomic E-state index is -0.366. The molecule has 4 heteroatoms. The molecule has 0 saturated carbocycles. The largest absolute Gasteiger partial charge is 0.324 e. The van der Waals surface area contributed by atoms with E-state index in [1.54, 1.807) is 12.1 Å². The summed E-state index contributed by atoms with van der Waals surface area (Å²) in [5.74, 6) is -0.271. The molecule has 18 heavy (non-hydrogen) atoms. The molecule has 0 aliphatic heterocycles. The van der Waals surface area contributed by atoms with Crippen LogP contribution in [0.4, 0.5) is 4.39 Å². The third-order valence-electron chi connectivity index (χ3n) is 2.72. The molecule has 0 amide bonds. The predicted molar refractivity (Wildman–Crippen MR) is 78.9 cm³/mol. The molecule has 1 nitrogen and oxygen atoms in total. The second kappa shape index (κ2) is 5.95. The van der Waals surface area contributed by atoms with Crippen LogP contribution in [0.3, 0.4) is 0 Å². The van der Waals surface area contributed by atoms with Crippen molar-refractivity contribution in [1.82, 2.24) is 0 Å². The topological polar surface area (TPSA) is 26.0 Å². The normalized spacial score (nSPS) is 12.4. The molecule has 0 aromatic heterocycles. The molecule has 2 aromatic carbocycles. The van der Waals surface area contributed by atoms with Crippen molar-refractivity contribution in [2.75, 3.05) is 0 Å². The van der Waals surface area contributed by atoms with Gasteiger partial charge in [0, 0.05) is 20.6 Å². The lowest BCUT2D eigenvalue weighted by Gasteiger charge is -2.15. The molecule has 0 saturated heterocycles. The molecule has 0 heterocycles. The summed E-state index contributed by atoms with van der Waals surface area (Å²) in [6.07, 6.45) is 0.596. The molecule has 0 spiro atoms. The number of hydrogen-bond donors (Lipinski definition) is 1. The highest BCUT2D eigenvalue weighted by atomic mass is 79.9. The maximum Gasteiger partial charge on any atom is 0.129 e. The van der Waals surface area contributed by atoms with Crippen LogP contribution in [0.5, 0.6) is 0 Å². The highest BCUT2D eigenvalue weighted by Gasteiger charge is 2.15. The van der Waals surface area contributed by atoms with Gasteiger partial charge in [-0.05, 0) is 36.2 Å². The molecule has 2 rings (SSSR count). The summed E-state index contributed by atoms with van der Waals surface area (Å²) >= 11 is 6.76. The van der Waals surface area contributed by atoms with Crippen molar-refractivity contribution in [1.29, 1.82) is 0 Å². The minimum Gasteiger partial charge on any atom is -0.324 e. The van der Waals surface area contributed by atoms with Gasteiger partial charge >= 0.3 is 0 Å². The maximum atomic E-state index is 13.8. The summed E-state index contributed by atoms with van der Waals surface area (Å²) in [4.78, 5) is 0. The summed E-state index contributed by atoms with van der Waals surface area (Å²) in [5, 5.41) is 0. The smallest absolute Gasteiger partial charge is 0.129 e. The summed E-state index contributed by atoms with van der Waals surface area (Å²) in [6, 6.07) is 12.4. The van der Waals surface area contributed by atoms with Crippen LogP contribution < -0.4 is 5.73 Å². The minimum absolute atomic E-state index is 0.271. The molecule has 1 atom stereocenters. The Morgan fingerprint density at radius 1 is 1.11 bits per heavy atom. The van der Waals surface area contributed by atoms with E-state index in [9.17, 15) is 4.39 Å². The van der Waals surface area contributed by atoms with Gasteiger partial charge in [0.25, 0.3) is 0 Å². The Kier molecular flexibility index (Phi) is 4.54. The predicted octanol–water partition coefficient (Wildman–Crippen LogP) is 4.59. The van der Waals surface area contributed by atoms with E-state index in [0.29, 0.717) is 16.5 Å². The number of nitrogens with two attached hydrogens (primary N) is 1. The first-order valence-corrected chi connectivity index (χ1v) is 7.10. The fourth-order valence-corrected chi connectivity index (χ4v) is 2.97. The second-order valence-electron chi connectivity index (χ2n) is 4.08. The number of halogens is 3. The molecule has 0 radical (unpaired) electrons. The molecule has 0 aliphatic rings. The molecule has 2 N–H and O–H groups in total. The molecular formula is C14H12Br2FN. The van der Waals surface area contributed by atoms with E-state index in [0.717, 1.165) is 10.0 Å². The zero-order valence-corrected chi connectivity index (χ0v) is 12.7. The maximum absolute atomic E-state index is 13.8. The summed E-state index contributed by atoms with van der Waals surface area (Å²) in [5.41, 5.74) is 7.69. The van der Waals surface area contributed by atoms with Crippen molar-refractivity contribution in [3.05, 3.63) is 68.4 Å². The van der Waals surface area contributed by atoms with Gasteiger partial charge < -0.3 is 5.73 Å². The molecular weight excluding hydrogens is 361 g/mol. The van der Waals surface area contributed by atoms with E-state index in [4.69, 9.17) is 5.73 Å². The molecule has 2 aromatic rings. The Balaban J connectivity index is 2.25. The van der Waals surface area contributed by atoms with E-state index in [1.165, 1.54) is 6.07 Å². The van der Waals surface area contributed by atoms with Crippen molar-refractivity contribution < 1.29 is 4.39 Å². The second-order valence-corrected chi connectivity index (χ2v) is 5.85. The first-order valence-electron chi connectivity index (χ1n) is 5.52. The summed E-state index contributed by atoms with van der Waals surface area (Å²) < 4.78 is 15.5. The van der Waals surface area contributed by atoms with E-state index >= 15 is 0 Å². The van der Waals surface area contributed by atoms with Gasteiger partial charge in [0.15, 0.2) is 0 Å². The lowest BCUT2D eigenvalue weighted by atomic mass is 9.99. The highest BCUT2D eigenvalue weighted by molar-refractivity contribution is 9.10. The van der Waals surface area contributed by atoms with Crippen LogP contribution in [0.25, 0.3) is 0 Å². The van der Waals surface area contributed by atoms with E-state index in [1.807, 2.05) is 24.3 Å². The average molecular weight is 373 g/mol. The quantitative estimate of drug-likeness (QED) is 0.837. The fraction of sp³-hybridized carbons (Fsp3) is 0.143. The molecule has 94 valence electrons. The van der Waals surface area contributed by atoms with Gasteiger partial charge in [-0.3, -0.25) is 0 Å². The zero-order chi connectivity index (χ0) is 13.1. The Hall–Kier alpha value is -0.710. The number of hydrogen-bond acceptors (Lipinski definition) is 1. The zero-order valence-electron chi connectivity index (χ0n) is 9.54. The third kappa shape index (κ3) is 3.19. The van der Waals surface area contributed by atoms with Crippen LogP contribution >= 0.6 is 31.9 Å². The number of benzene rings is 2. The van der Waals surface area contributed by atoms with Crippen molar-refractivity contribution in [3.8, 4) is 0 Å². The Bertz CT molecular complexity index is 537. The van der Waals surface area contributed by atoms with Gasteiger partial charge in [-0.15, -0.1) is 0 Å². The van der Waals surface area contributed by atoms with Crippen LogP contribution in [-0.2, 0) is 6.42 Å². The molecule has 1 unspecified atom stereocenters. The van der Waals surface area contributed by atoms with Crippen LogP contribution in [0.15, 0.2) is 51.4 Å². The van der Waals surface area contributed by atoms with Gasteiger partial charge in [0.05, 0.1) is 0 Å². The number of rotatable bonds is 3. The van der Waals surface area contributed by atoms with Gasteiger partial charge in [-0.1, -0.05) is 50.1 Å². The Morgan fingerprint density at radius 2 is 1.83 bits per heavy atom. The molecule has 0 bridgehead atoms. The van der Waals surface area contributed by atoms with Crippen molar-refractivity contribution in [2.45, 2.75) is 12.5 Å². The standard InChI is InChI=1S/C14H12Br2FN/c15-10-4-1-3-9(7-10)8-13(18)14-11(16)5-2-6-12(14)17/h1-7,13H,8,18H2. The van der Waals surface area contributed by atoms with E-state index in [2.05, 4.69) is 31.9 Å². The third-order valence-corrected chi connectivity index (χ3v) is 3.90. The van der Waals surface area contributed by atoms with Crippen molar-refractivity contribution in [3.63, 3.8) is 0 Å². The lowest BCUT2D eigenvalue weighted by Crippen LogP contribution is -2.15. The van der Waals surface area contributed by atoms with Crippen LogP contribution in [0.1, 0.15) is 17.2 Å². The van der Waals surface area contributed by atoms with E-state index < -0.39 is 0 Å². The van der Waals surface area contributed by atoms with Crippen molar-refractivity contribution >= 4 is 31.9 Å². The summed E-state index contributed by atoms with van der Waals surface area (Å²) in [7, 11) is 0. The van der Waals surface area contributed by atoms with Gasteiger partial charge in [-0.25, -0.2) is 4.39 Å². The first kappa shape index (κ1) is 13.7. The first-order chi connectivity index (χ1) is 8.58. The summed E-state index contributed by atoms with van der Waals surface area (Å²) in [6.45, 7) is 0. The van der Waals surface area contributed by atoms with Crippen LogP contribution in [0, 0.1) is 5.82 Å². The molecule has 0 fully saturated rings. The lowest BCUT2D eigenvalue weighted by molar-refractivity contribution is 0.578. The van der Waals surface area contributed by atoms with Crippen molar-refractivity contribution in [2.24, 2.45) is 5.73 Å². The highest BCUT2D eigenvalue weighted by Crippen LogP contribution is 2.27. The van der Waals surface area contributed by atoms with Crippen LogP contribution in [0.2, 0.25) is 0 Å². The van der Waals surface area contributed by atoms with Gasteiger partial charge in [0.2, 0.25) is 0 Å². The van der Waals surface area contributed by atoms with E-state index in [-0.39, 0.29) is 11.9 Å². The van der Waals surface area contributed by atoms with Gasteiger partial charge in [-0.2, -0.15) is 0 Å². The monoisotopic (exact) mass is 371 g/mol. The van der Waals surface area contributed by atoms with Crippen LogP contribution in [-0.4, -0.2) is 0 Å².